The van der Waals surface area contributed by atoms with Gasteiger partial charge in [0.25, 0.3) is 0 Å². The van der Waals surface area contributed by atoms with E-state index >= 15 is 0 Å². The van der Waals surface area contributed by atoms with Crippen LogP contribution in [-0.2, 0) is 8.85 Å². The Morgan fingerprint density at radius 2 is 0.915 bits per heavy atom. The highest BCUT2D eigenvalue weighted by Gasteiger charge is 2.52. The Morgan fingerprint density at radius 1 is 0.553 bits per heavy atom. The Bertz CT molecular complexity index is 1040. The fourth-order valence-corrected chi connectivity index (χ4v) is 6.66. The highest BCUT2D eigenvalue weighted by atomic mass is 28.4. The summed E-state index contributed by atoms with van der Waals surface area (Å²) in [6.45, 7) is 19.8. The van der Waals surface area contributed by atoms with E-state index in [2.05, 4.69) is 67.5 Å². The van der Waals surface area contributed by atoms with Crippen LogP contribution in [0.3, 0.4) is 0 Å². The number of hydrogen-bond acceptors (Lipinski definition) is 6. The molecule has 2 unspecified atom stereocenters. The van der Waals surface area contributed by atoms with Gasteiger partial charge in [0, 0.05) is 13.2 Å². The molecule has 0 saturated heterocycles. The minimum Gasteiger partial charge on any atom is -0.494 e. The molecule has 264 valence electrons. The summed E-state index contributed by atoms with van der Waals surface area (Å²) in [7, 11) is -3.71. The minimum atomic E-state index is -3.71. The summed E-state index contributed by atoms with van der Waals surface area (Å²) in [5, 5.41) is 0. The lowest BCUT2D eigenvalue weighted by Gasteiger charge is -2.29. The standard InChI is InChI=1S/C40H64O6Si/c1-9-11-29-41-37-19-23-39(24-20-37)45-47(43-31-27-35(7)17-13-15-33(3)4,44-32-28-36(8)18-14-16-34(5)6)46-40-25-21-38(22-26-40)42-30-12-10-2/h15-16,19-26,35-36H,9-14,17-18,27-32H2,1-8H3. The second-order valence-electron chi connectivity index (χ2n) is 13.3. The molecule has 2 aromatic carbocycles. The van der Waals surface area contributed by atoms with Gasteiger partial charge < -0.3 is 27.2 Å². The van der Waals surface area contributed by atoms with Gasteiger partial charge in [-0.1, -0.05) is 63.8 Å². The largest absolute Gasteiger partial charge is 0.820 e. The van der Waals surface area contributed by atoms with Crippen LogP contribution in [0.1, 0.15) is 120 Å². The number of allylic oxidation sites excluding steroid dienone is 4. The lowest BCUT2D eigenvalue weighted by molar-refractivity contribution is 0.0339. The lowest BCUT2D eigenvalue weighted by Crippen LogP contribution is -2.55. The van der Waals surface area contributed by atoms with Gasteiger partial charge in [0.2, 0.25) is 0 Å². The second-order valence-corrected chi connectivity index (χ2v) is 15.2. The van der Waals surface area contributed by atoms with Crippen LogP contribution < -0.4 is 18.3 Å². The predicted octanol–water partition coefficient (Wildman–Crippen LogP) is 11.5. The molecule has 0 bridgehead atoms. The van der Waals surface area contributed by atoms with Crippen LogP contribution in [0.2, 0.25) is 0 Å². The average Bonchev–Trinajstić information content (AvgIpc) is 3.03. The van der Waals surface area contributed by atoms with Crippen molar-refractivity contribution in [2.45, 2.75) is 120 Å². The van der Waals surface area contributed by atoms with E-state index in [-0.39, 0.29) is 0 Å². The van der Waals surface area contributed by atoms with E-state index in [9.17, 15) is 0 Å². The molecule has 0 aliphatic rings. The first-order valence-electron chi connectivity index (χ1n) is 18.0. The van der Waals surface area contributed by atoms with E-state index in [1.165, 1.54) is 11.1 Å². The van der Waals surface area contributed by atoms with Crippen molar-refractivity contribution in [3.63, 3.8) is 0 Å². The van der Waals surface area contributed by atoms with Crippen molar-refractivity contribution in [3.8, 4) is 23.0 Å². The van der Waals surface area contributed by atoms with Crippen molar-refractivity contribution in [1.82, 2.24) is 0 Å². The third-order valence-electron chi connectivity index (χ3n) is 7.87. The smallest absolute Gasteiger partial charge is 0.494 e. The first kappa shape index (κ1) is 40.4. The van der Waals surface area contributed by atoms with Gasteiger partial charge in [-0.25, -0.2) is 0 Å². The van der Waals surface area contributed by atoms with Gasteiger partial charge >= 0.3 is 9.05 Å². The first-order chi connectivity index (χ1) is 22.6. The van der Waals surface area contributed by atoms with Gasteiger partial charge in [0.05, 0.1) is 13.2 Å². The highest BCUT2D eigenvalue weighted by Crippen LogP contribution is 2.28. The third kappa shape index (κ3) is 18.4. The maximum Gasteiger partial charge on any atom is 0.820 e. The van der Waals surface area contributed by atoms with Crippen LogP contribution in [0.4, 0.5) is 0 Å². The molecule has 2 rings (SSSR count). The maximum atomic E-state index is 6.65. The Kier molecular flexibility index (Phi) is 20.3. The van der Waals surface area contributed by atoms with Crippen LogP contribution in [0.15, 0.2) is 71.8 Å². The van der Waals surface area contributed by atoms with Gasteiger partial charge in [-0.2, -0.15) is 0 Å². The van der Waals surface area contributed by atoms with Crippen molar-refractivity contribution in [2.75, 3.05) is 26.4 Å². The molecule has 0 saturated carbocycles. The summed E-state index contributed by atoms with van der Waals surface area (Å²) in [5.74, 6) is 3.88. The van der Waals surface area contributed by atoms with Gasteiger partial charge in [-0.3, -0.25) is 0 Å². The minimum absolute atomic E-state index is 0.481. The zero-order valence-electron chi connectivity index (χ0n) is 30.8. The molecule has 2 aromatic rings. The van der Waals surface area contributed by atoms with Crippen molar-refractivity contribution in [2.24, 2.45) is 11.8 Å². The molecule has 0 spiro atoms. The maximum absolute atomic E-state index is 6.65. The van der Waals surface area contributed by atoms with E-state index in [4.69, 9.17) is 27.2 Å². The summed E-state index contributed by atoms with van der Waals surface area (Å²) in [6, 6.07) is 15.4. The highest BCUT2D eigenvalue weighted by molar-refractivity contribution is 6.55. The Labute approximate surface area is 288 Å². The first-order valence-corrected chi connectivity index (χ1v) is 19.7. The van der Waals surface area contributed by atoms with Crippen LogP contribution in [0.25, 0.3) is 0 Å². The average molecular weight is 669 g/mol. The van der Waals surface area contributed by atoms with E-state index in [1.54, 1.807) is 0 Å². The predicted molar refractivity (Wildman–Crippen MR) is 197 cm³/mol. The van der Waals surface area contributed by atoms with Gasteiger partial charge in [-0.05, 0) is 139 Å². The van der Waals surface area contributed by atoms with Crippen LogP contribution in [-0.4, -0.2) is 35.5 Å². The fraction of sp³-hybridized carbons (Fsp3) is 0.600. The molecule has 7 heteroatoms. The number of rotatable bonds is 26. The van der Waals surface area contributed by atoms with Crippen molar-refractivity contribution >= 4 is 9.05 Å². The molecular weight excluding hydrogens is 605 g/mol. The van der Waals surface area contributed by atoms with Crippen molar-refractivity contribution in [1.29, 1.82) is 0 Å². The molecule has 6 nitrogen and oxygen atoms in total. The lowest BCUT2D eigenvalue weighted by atomic mass is 10.0. The van der Waals surface area contributed by atoms with E-state index < -0.39 is 9.05 Å². The summed E-state index contributed by atoms with van der Waals surface area (Å²) in [4.78, 5) is 0. The van der Waals surface area contributed by atoms with Gasteiger partial charge in [0.1, 0.15) is 23.0 Å². The molecule has 0 radical (unpaired) electrons. The molecule has 0 fully saturated rings. The molecule has 0 aliphatic heterocycles. The molecule has 47 heavy (non-hydrogen) atoms. The Balaban J connectivity index is 2.29. The normalized spacial score (nSPS) is 12.6. The third-order valence-corrected chi connectivity index (χ3v) is 9.96. The molecule has 0 aromatic heterocycles. The van der Waals surface area contributed by atoms with E-state index in [0.717, 1.165) is 75.7 Å². The molecule has 0 amide bonds. The topological polar surface area (TPSA) is 55.4 Å². The van der Waals surface area contributed by atoms with Gasteiger partial charge in [-0.15, -0.1) is 0 Å². The second kappa shape index (κ2) is 23.6. The molecule has 2 atom stereocenters. The Hall–Kier alpha value is -2.74. The van der Waals surface area contributed by atoms with Gasteiger partial charge in [0.15, 0.2) is 0 Å². The van der Waals surface area contributed by atoms with Crippen LogP contribution in [0.5, 0.6) is 23.0 Å². The van der Waals surface area contributed by atoms with E-state index in [1.807, 2.05) is 48.5 Å². The zero-order chi connectivity index (χ0) is 34.3. The molecular formula is C40H64O6Si. The number of benzene rings is 2. The number of hydrogen-bond donors (Lipinski definition) is 0. The van der Waals surface area contributed by atoms with Crippen LogP contribution in [0, 0.1) is 11.8 Å². The number of unbranched alkanes of at least 4 members (excludes halogenated alkanes) is 2. The Morgan fingerprint density at radius 3 is 1.26 bits per heavy atom. The van der Waals surface area contributed by atoms with E-state index in [0.29, 0.717) is 49.8 Å². The fourth-order valence-electron chi connectivity index (χ4n) is 4.72. The molecule has 0 aliphatic carbocycles. The SMILES string of the molecule is CCCCOc1ccc(O[Si](OCCC(C)CCC=C(C)C)(OCCC(C)CCC=C(C)C)Oc2ccc(OCCCC)cc2)cc1. The van der Waals surface area contributed by atoms with Crippen LogP contribution >= 0.6 is 0 Å². The summed E-state index contributed by atoms with van der Waals surface area (Å²) in [6.07, 6.45) is 14.9. The summed E-state index contributed by atoms with van der Waals surface area (Å²) >= 11 is 0. The zero-order valence-corrected chi connectivity index (χ0v) is 31.8. The molecule has 0 heterocycles. The quantitative estimate of drug-likeness (QED) is 0.0565. The monoisotopic (exact) mass is 668 g/mol. The summed E-state index contributed by atoms with van der Waals surface area (Å²) in [5.41, 5.74) is 2.71. The summed E-state index contributed by atoms with van der Waals surface area (Å²) < 4.78 is 38.4. The molecule has 0 N–H and O–H groups in total. The van der Waals surface area contributed by atoms with Crippen molar-refractivity contribution in [3.05, 3.63) is 71.8 Å². The number of ether oxygens (including phenoxy) is 2. The van der Waals surface area contributed by atoms with Crippen molar-refractivity contribution < 1.29 is 27.2 Å².